The van der Waals surface area contributed by atoms with Gasteiger partial charge in [-0.15, -0.1) is 0 Å². The maximum absolute atomic E-state index is 12.9. The van der Waals surface area contributed by atoms with E-state index in [9.17, 15) is 38.1 Å². The van der Waals surface area contributed by atoms with Gasteiger partial charge >= 0.3 is 12.3 Å². The lowest BCUT2D eigenvalue weighted by molar-refractivity contribution is -0.141. The topological polar surface area (TPSA) is 145 Å². The molecule has 1 aliphatic heterocycles. The van der Waals surface area contributed by atoms with Crippen molar-refractivity contribution in [2.24, 2.45) is 0 Å². The molecule has 2 aromatic heterocycles. The first-order valence-electron chi connectivity index (χ1n) is 11.0. The number of likely N-dealkylation sites (tertiary alicyclic amines) is 1. The third-order valence-electron chi connectivity index (χ3n) is 5.37. The molecule has 13 heteroatoms. The molecule has 0 bridgehead atoms. The second-order valence-electron chi connectivity index (χ2n) is 9.26. The molecule has 0 aromatic carbocycles. The predicted molar refractivity (Wildman–Crippen MR) is 119 cm³/mol. The normalized spacial score (nSPS) is 18.4. The van der Waals surface area contributed by atoms with Crippen molar-refractivity contribution in [3.63, 3.8) is 0 Å². The first kappa shape index (κ1) is 27.3. The fraction of sp³-hybridized carbons (Fsp3) is 0.478. The molecular formula is C23H27F3N4O6. The number of alkyl halides is 3. The summed E-state index contributed by atoms with van der Waals surface area (Å²) in [6.07, 6.45) is -6.17. The van der Waals surface area contributed by atoms with Gasteiger partial charge in [-0.3, -0.25) is 19.7 Å². The Balaban J connectivity index is 1.80. The molecule has 0 spiro atoms. The zero-order valence-electron chi connectivity index (χ0n) is 19.8. The van der Waals surface area contributed by atoms with Crippen LogP contribution in [0, 0.1) is 0 Å². The van der Waals surface area contributed by atoms with Gasteiger partial charge in [0.1, 0.15) is 17.3 Å². The maximum Gasteiger partial charge on any atom is 0.433 e. The minimum absolute atomic E-state index is 0.0464. The average Bonchev–Trinajstić information content (AvgIpc) is 3.17. The molecule has 4 N–H and O–H groups in total. The number of hydrogen-bond donors (Lipinski definition) is 4. The SMILES string of the molecule is CC(C)(C)OC(=O)N1CC[C@@H](O)[C@H]1C(=O)NCc1cc(-c2ccc(C(F)(F)F)nc2)ncc1C(O)O. The molecule has 1 aliphatic rings. The standard InChI is InChI=1S/C23H27F3N4O6/c1-22(2,3)36-21(35)30-7-6-16(31)18(30)19(32)29-10-13-8-15(27-11-14(13)20(33)34)12-4-5-17(28-9-12)23(24,25)26/h4-5,8-9,11,16,18,20,31,33-34H,6-7,10H2,1-3H3,(H,29,32)/t16-,18+/m1/s1. The van der Waals surface area contributed by atoms with E-state index in [2.05, 4.69) is 15.3 Å². The number of rotatable bonds is 5. The van der Waals surface area contributed by atoms with Crippen molar-refractivity contribution in [2.75, 3.05) is 6.54 Å². The number of nitrogens with one attached hydrogen (secondary N) is 1. The van der Waals surface area contributed by atoms with Crippen molar-refractivity contribution in [1.29, 1.82) is 0 Å². The number of carbonyl (C=O) groups is 2. The first-order chi connectivity index (χ1) is 16.7. The molecule has 2 amide bonds. The van der Waals surface area contributed by atoms with Gasteiger partial charge in [-0.1, -0.05) is 0 Å². The fourth-order valence-electron chi connectivity index (χ4n) is 3.67. The van der Waals surface area contributed by atoms with E-state index in [1.54, 1.807) is 20.8 Å². The number of ether oxygens (including phenoxy) is 1. The highest BCUT2D eigenvalue weighted by Crippen LogP contribution is 2.29. The van der Waals surface area contributed by atoms with Crippen molar-refractivity contribution >= 4 is 12.0 Å². The number of carbonyl (C=O) groups excluding carboxylic acids is 2. The number of halogens is 3. The van der Waals surface area contributed by atoms with Crippen molar-refractivity contribution in [1.82, 2.24) is 20.2 Å². The molecule has 0 unspecified atom stereocenters. The number of aliphatic hydroxyl groups is 3. The molecule has 3 heterocycles. The number of nitrogens with zero attached hydrogens (tertiary/aromatic N) is 3. The number of hydrogen-bond acceptors (Lipinski definition) is 8. The van der Waals surface area contributed by atoms with E-state index in [0.29, 0.717) is 0 Å². The molecule has 196 valence electrons. The Bertz CT molecular complexity index is 1100. The Kier molecular flexibility index (Phi) is 7.86. The lowest BCUT2D eigenvalue weighted by Gasteiger charge is -2.28. The van der Waals surface area contributed by atoms with Crippen LogP contribution in [0.2, 0.25) is 0 Å². The summed E-state index contributed by atoms with van der Waals surface area (Å²) in [5.41, 5.74) is -1.31. The summed E-state index contributed by atoms with van der Waals surface area (Å²) in [4.78, 5) is 33.9. The second-order valence-corrected chi connectivity index (χ2v) is 9.26. The smallest absolute Gasteiger partial charge is 0.433 e. The molecule has 1 fully saturated rings. The monoisotopic (exact) mass is 512 g/mol. The lowest BCUT2D eigenvalue weighted by Crippen LogP contribution is -2.51. The highest BCUT2D eigenvalue weighted by Gasteiger charge is 2.42. The summed E-state index contributed by atoms with van der Waals surface area (Å²) in [7, 11) is 0. The van der Waals surface area contributed by atoms with Crippen LogP contribution in [0.15, 0.2) is 30.6 Å². The quantitative estimate of drug-likeness (QED) is 0.446. The number of aromatic nitrogens is 2. The van der Waals surface area contributed by atoms with Crippen LogP contribution in [0.25, 0.3) is 11.3 Å². The van der Waals surface area contributed by atoms with E-state index in [-0.39, 0.29) is 41.9 Å². The van der Waals surface area contributed by atoms with E-state index in [0.717, 1.165) is 23.4 Å². The largest absolute Gasteiger partial charge is 0.444 e. The van der Waals surface area contributed by atoms with Crippen LogP contribution in [0.5, 0.6) is 0 Å². The highest BCUT2D eigenvalue weighted by molar-refractivity contribution is 5.87. The molecule has 2 aromatic rings. The molecule has 36 heavy (non-hydrogen) atoms. The van der Waals surface area contributed by atoms with E-state index in [4.69, 9.17) is 4.74 Å². The Morgan fingerprint density at radius 3 is 2.44 bits per heavy atom. The van der Waals surface area contributed by atoms with Gasteiger partial charge in [-0.05, 0) is 51.0 Å². The summed E-state index contributed by atoms with van der Waals surface area (Å²) < 4.78 is 43.7. The first-order valence-corrected chi connectivity index (χ1v) is 11.0. The summed E-state index contributed by atoms with van der Waals surface area (Å²) in [5.74, 6) is -0.696. The molecule has 0 radical (unpaired) electrons. The maximum atomic E-state index is 12.9. The second kappa shape index (κ2) is 10.4. The number of pyridine rings is 2. The van der Waals surface area contributed by atoms with Crippen LogP contribution in [0.3, 0.4) is 0 Å². The Labute approximate surface area is 204 Å². The molecule has 10 nitrogen and oxygen atoms in total. The lowest BCUT2D eigenvalue weighted by atomic mass is 10.0. The summed E-state index contributed by atoms with van der Waals surface area (Å²) in [6, 6.07) is 2.11. The van der Waals surface area contributed by atoms with Gasteiger partial charge in [0.05, 0.1) is 11.8 Å². The molecule has 3 rings (SSSR count). The minimum Gasteiger partial charge on any atom is -0.444 e. The van der Waals surface area contributed by atoms with Crippen LogP contribution in [-0.4, -0.2) is 66.5 Å². The van der Waals surface area contributed by atoms with Crippen LogP contribution in [0.4, 0.5) is 18.0 Å². The summed E-state index contributed by atoms with van der Waals surface area (Å²) in [5, 5.41) is 32.2. The van der Waals surface area contributed by atoms with Gasteiger partial charge in [-0.25, -0.2) is 4.79 Å². The van der Waals surface area contributed by atoms with E-state index < -0.39 is 47.9 Å². The van der Waals surface area contributed by atoms with Gasteiger partial charge in [-0.2, -0.15) is 13.2 Å². The fourth-order valence-corrected chi connectivity index (χ4v) is 3.67. The number of aliphatic hydroxyl groups excluding tert-OH is 2. The zero-order chi connectivity index (χ0) is 26.8. The molecule has 0 saturated carbocycles. The van der Waals surface area contributed by atoms with Gasteiger partial charge < -0.3 is 25.4 Å². The minimum atomic E-state index is -4.61. The highest BCUT2D eigenvalue weighted by atomic mass is 19.4. The molecular weight excluding hydrogens is 485 g/mol. The van der Waals surface area contributed by atoms with E-state index in [1.165, 1.54) is 12.1 Å². The van der Waals surface area contributed by atoms with Crippen molar-refractivity contribution < 1.29 is 42.8 Å². The van der Waals surface area contributed by atoms with E-state index in [1.807, 2.05) is 0 Å². The van der Waals surface area contributed by atoms with Crippen molar-refractivity contribution in [2.45, 2.75) is 63.9 Å². The third-order valence-corrected chi connectivity index (χ3v) is 5.37. The van der Waals surface area contributed by atoms with E-state index >= 15 is 0 Å². The van der Waals surface area contributed by atoms with Crippen LogP contribution >= 0.6 is 0 Å². The summed E-state index contributed by atoms with van der Waals surface area (Å²) in [6.45, 7) is 4.86. The zero-order valence-corrected chi connectivity index (χ0v) is 19.8. The average molecular weight is 512 g/mol. The van der Waals surface area contributed by atoms with Gasteiger partial charge in [0.25, 0.3) is 0 Å². The van der Waals surface area contributed by atoms with Gasteiger partial charge in [0.15, 0.2) is 6.29 Å². The van der Waals surface area contributed by atoms with Gasteiger partial charge in [0.2, 0.25) is 5.91 Å². The Morgan fingerprint density at radius 2 is 1.89 bits per heavy atom. The van der Waals surface area contributed by atoms with Crippen molar-refractivity contribution in [3.8, 4) is 11.3 Å². The Morgan fingerprint density at radius 1 is 1.19 bits per heavy atom. The summed E-state index contributed by atoms with van der Waals surface area (Å²) >= 11 is 0. The Hall–Kier alpha value is -3.29. The third kappa shape index (κ3) is 6.47. The van der Waals surface area contributed by atoms with Crippen LogP contribution < -0.4 is 5.32 Å². The van der Waals surface area contributed by atoms with Gasteiger partial charge in [0, 0.05) is 36.6 Å². The molecule has 1 saturated heterocycles. The number of amides is 2. The predicted octanol–water partition coefficient (Wildman–Crippen LogP) is 2.13. The van der Waals surface area contributed by atoms with Crippen LogP contribution in [0.1, 0.15) is 50.3 Å². The van der Waals surface area contributed by atoms with Crippen LogP contribution in [-0.2, 0) is 22.3 Å². The molecule has 0 aliphatic carbocycles. The molecule has 2 atom stereocenters. The van der Waals surface area contributed by atoms with Crippen molar-refractivity contribution in [3.05, 3.63) is 47.4 Å².